The number of aliphatic carboxylic acids is 1. The summed E-state index contributed by atoms with van der Waals surface area (Å²) in [6.45, 7) is 2.35. The largest absolute Gasteiger partial charge is 0.480 e. The number of carboxylic acids is 1. The van der Waals surface area contributed by atoms with Crippen molar-refractivity contribution in [3.63, 3.8) is 0 Å². The third-order valence-corrected chi connectivity index (χ3v) is 4.44. The first-order valence-corrected chi connectivity index (χ1v) is 7.71. The first kappa shape index (κ1) is 14.8. The van der Waals surface area contributed by atoms with E-state index in [1.165, 1.54) is 4.90 Å². The molecule has 1 heterocycles. The fourth-order valence-corrected chi connectivity index (χ4v) is 2.96. The summed E-state index contributed by atoms with van der Waals surface area (Å²) in [5.41, 5.74) is 0. The average molecular weight is 296 g/mol. The number of hydrogen-bond acceptors (Lipinski definition) is 3. The summed E-state index contributed by atoms with van der Waals surface area (Å²) in [6.07, 6.45) is 2.43. The van der Waals surface area contributed by atoms with Gasteiger partial charge in [0, 0.05) is 18.0 Å². The van der Waals surface area contributed by atoms with E-state index in [1.54, 1.807) is 30.2 Å². The van der Waals surface area contributed by atoms with Gasteiger partial charge in [-0.25, -0.2) is 9.59 Å². The molecule has 1 aliphatic carbocycles. The van der Waals surface area contributed by atoms with E-state index >= 15 is 0 Å². The maximum absolute atomic E-state index is 12.5. The topological polar surface area (TPSA) is 60.9 Å². The van der Waals surface area contributed by atoms with E-state index in [2.05, 4.69) is 0 Å². The molecule has 5 nitrogen and oxygen atoms in total. The molecule has 1 saturated carbocycles. The molecule has 1 unspecified atom stereocenters. The summed E-state index contributed by atoms with van der Waals surface area (Å²) in [4.78, 5) is 28.0. The van der Waals surface area contributed by atoms with E-state index in [-0.39, 0.29) is 12.1 Å². The number of carbonyl (C=O) groups is 2. The lowest BCUT2D eigenvalue weighted by atomic mass is 10.2. The van der Waals surface area contributed by atoms with Crippen molar-refractivity contribution in [2.75, 3.05) is 7.05 Å². The molecule has 0 radical (unpaired) electrons. The number of carboxylic acid groups (broad SMARTS) is 1. The monoisotopic (exact) mass is 296 g/mol. The Morgan fingerprint density at radius 1 is 1.50 bits per heavy atom. The molecule has 1 aromatic rings. The van der Waals surface area contributed by atoms with E-state index in [4.69, 9.17) is 0 Å². The molecule has 1 N–H and O–H groups in total. The summed E-state index contributed by atoms with van der Waals surface area (Å²) in [6, 6.07) is 3.29. The number of urea groups is 1. The van der Waals surface area contributed by atoms with Gasteiger partial charge in [-0.15, -0.1) is 11.3 Å². The van der Waals surface area contributed by atoms with Gasteiger partial charge < -0.3 is 14.9 Å². The minimum absolute atomic E-state index is 0.185. The van der Waals surface area contributed by atoms with Gasteiger partial charge >= 0.3 is 12.0 Å². The van der Waals surface area contributed by atoms with E-state index < -0.39 is 12.0 Å². The summed E-state index contributed by atoms with van der Waals surface area (Å²) >= 11 is 1.62. The molecule has 6 heteroatoms. The third kappa shape index (κ3) is 3.30. The SMILES string of the molecule is CCC(C(=O)O)N(C)C(=O)N(Cc1cccs1)C1CC1. The van der Waals surface area contributed by atoms with Crippen LogP contribution in [0.5, 0.6) is 0 Å². The van der Waals surface area contributed by atoms with Crippen molar-refractivity contribution in [1.82, 2.24) is 9.80 Å². The second-order valence-corrected chi connectivity index (χ2v) is 6.13. The summed E-state index contributed by atoms with van der Waals surface area (Å²) in [5.74, 6) is -0.949. The zero-order chi connectivity index (χ0) is 14.7. The first-order chi connectivity index (χ1) is 9.54. The van der Waals surface area contributed by atoms with Gasteiger partial charge in [0.25, 0.3) is 0 Å². The Bertz CT molecular complexity index is 471. The summed E-state index contributed by atoms with van der Waals surface area (Å²) in [7, 11) is 1.58. The van der Waals surface area contributed by atoms with E-state index in [0.717, 1.165) is 17.7 Å². The van der Waals surface area contributed by atoms with Crippen LogP contribution in [0.3, 0.4) is 0 Å². The molecule has 1 aromatic heterocycles. The fraction of sp³-hybridized carbons (Fsp3) is 0.571. The maximum Gasteiger partial charge on any atom is 0.326 e. The van der Waals surface area contributed by atoms with Crippen LogP contribution in [-0.2, 0) is 11.3 Å². The van der Waals surface area contributed by atoms with Gasteiger partial charge in [0.2, 0.25) is 0 Å². The Hall–Kier alpha value is -1.56. The van der Waals surface area contributed by atoms with Crippen LogP contribution in [0.2, 0.25) is 0 Å². The Morgan fingerprint density at radius 2 is 2.20 bits per heavy atom. The van der Waals surface area contributed by atoms with Gasteiger partial charge in [0.15, 0.2) is 0 Å². The Morgan fingerprint density at radius 3 is 2.65 bits per heavy atom. The summed E-state index contributed by atoms with van der Waals surface area (Å²) in [5, 5.41) is 11.2. The van der Waals surface area contributed by atoms with Crippen molar-refractivity contribution in [3.8, 4) is 0 Å². The van der Waals surface area contributed by atoms with Gasteiger partial charge in [-0.05, 0) is 30.7 Å². The first-order valence-electron chi connectivity index (χ1n) is 6.83. The van der Waals surface area contributed by atoms with Crippen molar-refractivity contribution in [3.05, 3.63) is 22.4 Å². The smallest absolute Gasteiger partial charge is 0.326 e. The molecule has 1 aliphatic rings. The van der Waals surface area contributed by atoms with Gasteiger partial charge in [0.05, 0.1) is 6.54 Å². The number of hydrogen-bond donors (Lipinski definition) is 1. The predicted octanol–water partition coefficient (Wildman–Crippen LogP) is 2.63. The normalized spacial score (nSPS) is 15.7. The lowest BCUT2D eigenvalue weighted by Crippen LogP contribution is -2.49. The predicted molar refractivity (Wildman–Crippen MR) is 77.8 cm³/mol. The number of carbonyl (C=O) groups excluding carboxylic acids is 1. The highest BCUT2D eigenvalue weighted by atomic mass is 32.1. The highest BCUT2D eigenvalue weighted by Crippen LogP contribution is 2.30. The molecule has 0 saturated heterocycles. The van der Waals surface area contributed by atoms with Crippen LogP contribution < -0.4 is 0 Å². The minimum atomic E-state index is -0.949. The van der Waals surface area contributed by atoms with E-state index in [9.17, 15) is 14.7 Å². The van der Waals surface area contributed by atoms with Gasteiger partial charge in [-0.1, -0.05) is 13.0 Å². The number of nitrogens with zero attached hydrogens (tertiary/aromatic N) is 2. The minimum Gasteiger partial charge on any atom is -0.480 e. The molecule has 2 rings (SSSR count). The molecular formula is C14H20N2O3S. The van der Waals surface area contributed by atoms with Gasteiger partial charge in [-0.2, -0.15) is 0 Å². The highest BCUT2D eigenvalue weighted by Gasteiger charge is 2.36. The Balaban J connectivity index is 2.08. The van der Waals surface area contributed by atoms with Crippen LogP contribution in [0, 0.1) is 0 Å². The molecule has 0 aliphatic heterocycles. The summed E-state index contributed by atoms with van der Waals surface area (Å²) < 4.78 is 0. The van der Waals surface area contributed by atoms with Crippen molar-refractivity contribution in [1.29, 1.82) is 0 Å². The van der Waals surface area contributed by atoms with E-state index in [0.29, 0.717) is 13.0 Å². The van der Waals surface area contributed by atoms with Crippen LogP contribution >= 0.6 is 11.3 Å². The van der Waals surface area contributed by atoms with E-state index in [1.807, 2.05) is 17.5 Å². The van der Waals surface area contributed by atoms with Crippen molar-refractivity contribution in [2.24, 2.45) is 0 Å². The number of rotatable bonds is 6. The van der Waals surface area contributed by atoms with Gasteiger partial charge in [-0.3, -0.25) is 0 Å². The van der Waals surface area contributed by atoms with Crippen LogP contribution in [0.15, 0.2) is 17.5 Å². The molecule has 1 atom stereocenters. The molecular weight excluding hydrogens is 276 g/mol. The molecule has 0 bridgehead atoms. The van der Waals surface area contributed by atoms with Crippen molar-refractivity contribution >= 4 is 23.3 Å². The van der Waals surface area contributed by atoms with Crippen LogP contribution in [-0.4, -0.2) is 46.0 Å². The van der Waals surface area contributed by atoms with Crippen molar-refractivity contribution in [2.45, 2.75) is 44.8 Å². The Labute approximate surface area is 122 Å². The van der Waals surface area contributed by atoms with Crippen LogP contribution in [0.25, 0.3) is 0 Å². The molecule has 0 aromatic carbocycles. The Kier molecular flexibility index (Phi) is 4.65. The zero-order valence-corrected chi connectivity index (χ0v) is 12.6. The maximum atomic E-state index is 12.5. The fourth-order valence-electron chi connectivity index (χ4n) is 2.26. The second-order valence-electron chi connectivity index (χ2n) is 5.09. The van der Waals surface area contributed by atoms with Crippen LogP contribution in [0.1, 0.15) is 31.1 Å². The van der Waals surface area contributed by atoms with Crippen LogP contribution in [0.4, 0.5) is 4.79 Å². The molecule has 0 spiro atoms. The quantitative estimate of drug-likeness (QED) is 0.878. The number of amides is 2. The third-order valence-electron chi connectivity index (χ3n) is 3.58. The standard InChI is InChI=1S/C14H20N2O3S/c1-3-12(13(17)18)15(2)14(19)16(10-6-7-10)9-11-5-4-8-20-11/h4-5,8,10,12H,3,6-7,9H2,1-2H3,(H,17,18). The second kappa shape index (κ2) is 6.26. The lowest BCUT2D eigenvalue weighted by molar-refractivity contribution is -0.142. The lowest BCUT2D eigenvalue weighted by Gasteiger charge is -2.31. The zero-order valence-electron chi connectivity index (χ0n) is 11.8. The molecule has 2 amide bonds. The number of likely N-dealkylation sites (N-methyl/N-ethyl adjacent to an activating group) is 1. The highest BCUT2D eigenvalue weighted by molar-refractivity contribution is 7.09. The molecule has 20 heavy (non-hydrogen) atoms. The average Bonchev–Trinajstić information content (AvgIpc) is 3.12. The van der Waals surface area contributed by atoms with Gasteiger partial charge in [0.1, 0.15) is 6.04 Å². The molecule has 110 valence electrons. The molecule has 1 fully saturated rings. The van der Waals surface area contributed by atoms with Crippen molar-refractivity contribution < 1.29 is 14.7 Å². The number of thiophene rings is 1.